The van der Waals surface area contributed by atoms with Crippen molar-refractivity contribution in [2.24, 2.45) is 0 Å². The summed E-state index contributed by atoms with van der Waals surface area (Å²) in [6, 6.07) is 17.3. The first-order valence-electron chi connectivity index (χ1n) is 9.09. The molecule has 1 N–H and O–H groups in total. The summed E-state index contributed by atoms with van der Waals surface area (Å²) < 4.78 is 10.2. The number of anilines is 1. The number of halogens is 2. The quantitative estimate of drug-likeness (QED) is 0.397. The summed E-state index contributed by atoms with van der Waals surface area (Å²) in [6.07, 6.45) is 0. The molecule has 0 aliphatic heterocycles. The topological polar surface area (TPSA) is 81.7 Å². The number of hydrogen-bond donors (Lipinski definition) is 1. The van der Waals surface area contributed by atoms with E-state index in [0.29, 0.717) is 27.0 Å². The average molecular weight is 458 g/mol. The van der Waals surface area contributed by atoms with Gasteiger partial charge in [-0.1, -0.05) is 41.4 Å². The first-order chi connectivity index (χ1) is 14.9. The fourth-order valence-electron chi connectivity index (χ4n) is 2.77. The minimum atomic E-state index is -0.791. The molecule has 0 aliphatic carbocycles. The summed E-state index contributed by atoms with van der Waals surface area (Å²) in [7, 11) is 1.48. The highest BCUT2D eigenvalue weighted by molar-refractivity contribution is 6.32. The maximum Gasteiger partial charge on any atom is 0.339 e. The molecule has 1 amide bonds. The van der Waals surface area contributed by atoms with E-state index in [1.807, 2.05) is 0 Å². The van der Waals surface area contributed by atoms with Gasteiger partial charge >= 0.3 is 5.97 Å². The lowest BCUT2D eigenvalue weighted by Gasteiger charge is -2.10. The number of esters is 1. The Hall–Kier alpha value is -3.35. The first kappa shape index (κ1) is 22.3. The third-order valence-electron chi connectivity index (χ3n) is 4.27. The van der Waals surface area contributed by atoms with Gasteiger partial charge in [-0.3, -0.25) is 9.59 Å². The van der Waals surface area contributed by atoms with Crippen molar-refractivity contribution >= 4 is 46.5 Å². The SMILES string of the molecule is COc1ccc(NC(=O)COC(=O)c2ccccc2C(=O)c2ccc(Cl)cc2)cc1Cl. The van der Waals surface area contributed by atoms with E-state index in [1.165, 1.54) is 25.3 Å². The van der Waals surface area contributed by atoms with Gasteiger partial charge < -0.3 is 14.8 Å². The summed E-state index contributed by atoms with van der Waals surface area (Å²) in [4.78, 5) is 37.5. The largest absolute Gasteiger partial charge is 0.495 e. The number of nitrogens with one attached hydrogen (secondary N) is 1. The standard InChI is InChI=1S/C23H17Cl2NO5/c1-30-20-11-10-16(12-19(20)25)26-21(27)13-31-23(29)18-5-3-2-4-17(18)22(28)14-6-8-15(24)9-7-14/h2-12H,13H2,1H3,(H,26,27). The van der Waals surface area contributed by atoms with Crippen molar-refractivity contribution in [1.82, 2.24) is 0 Å². The molecule has 6 nitrogen and oxygen atoms in total. The van der Waals surface area contributed by atoms with Crippen LogP contribution in [0.3, 0.4) is 0 Å². The number of carbonyl (C=O) groups is 3. The second-order valence-corrected chi connectivity index (χ2v) is 7.20. The Morgan fingerprint density at radius 3 is 2.23 bits per heavy atom. The fraction of sp³-hybridized carbons (Fsp3) is 0.0870. The van der Waals surface area contributed by atoms with E-state index in [9.17, 15) is 14.4 Å². The van der Waals surface area contributed by atoms with Crippen LogP contribution in [-0.2, 0) is 9.53 Å². The second kappa shape index (κ2) is 10.1. The molecule has 0 heterocycles. The number of ketones is 1. The lowest BCUT2D eigenvalue weighted by Crippen LogP contribution is -2.22. The van der Waals surface area contributed by atoms with E-state index >= 15 is 0 Å². The van der Waals surface area contributed by atoms with Gasteiger partial charge in [-0.25, -0.2) is 4.79 Å². The highest BCUT2D eigenvalue weighted by Crippen LogP contribution is 2.27. The predicted octanol–water partition coefficient (Wildman–Crippen LogP) is 5.03. The van der Waals surface area contributed by atoms with E-state index in [-0.39, 0.29) is 16.9 Å². The monoisotopic (exact) mass is 457 g/mol. The minimum absolute atomic E-state index is 0.0581. The van der Waals surface area contributed by atoms with E-state index in [2.05, 4.69) is 5.32 Å². The zero-order valence-electron chi connectivity index (χ0n) is 16.4. The summed E-state index contributed by atoms with van der Waals surface area (Å²) in [5.74, 6) is -1.24. The zero-order chi connectivity index (χ0) is 22.4. The van der Waals surface area contributed by atoms with Crippen LogP contribution in [0.1, 0.15) is 26.3 Å². The second-order valence-electron chi connectivity index (χ2n) is 6.36. The molecule has 8 heteroatoms. The fourth-order valence-corrected chi connectivity index (χ4v) is 3.15. The number of hydrogen-bond acceptors (Lipinski definition) is 5. The van der Waals surface area contributed by atoms with E-state index < -0.39 is 18.5 Å². The van der Waals surface area contributed by atoms with Gasteiger partial charge in [0.25, 0.3) is 5.91 Å². The molecule has 0 aromatic heterocycles. The number of amides is 1. The number of rotatable bonds is 7. The molecular formula is C23H17Cl2NO5. The van der Waals surface area contributed by atoms with E-state index in [0.717, 1.165) is 0 Å². The molecule has 0 saturated heterocycles. The average Bonchev–Trinajstić information content (AvgIpc) is 2.77. The van der Waals surface area contributed by atoms with Crippen LogP contribution >= 0.6 is 23.2 Å². The van der Waals surface area contributed by atoms with Crippen molar-refractivity contribution in [3.05, 3.63) is 93.5 Å². The molecule has 0 unspecified atom stereocenters. The molecule has 0 saturated carbocycles. The van der Waals surface area contributed by atoms with Crippen molar-refractivity contribution in [2.75, 3.05) is 19.0 Å². The van der Waals surface area contributed by atoms with Gasteiger partial charge in [0.15, 0.2) is 12.4 Å². The Balaban J connectivity index is 1.67. The Kier molecular flexibility index (Phi) is 7.28. The van der Waals surface area contributed by atoms with Crippen molar-refractivity contribution in [1.29, 1.82) is 0 Å². The molecule has 0 spiro atoms. The maximum absolute atomic E-state index is 12.8. The molecule has 0 radical (unpaired) electrons. The Morgan fingerprint density at radius 1 is 0.903 bits per heavy atom. The van der Waals surface area contributed by atoms with Crippen LogP contribution in [0.4, 0.5) is 5.69 Å². The Morgan fingerprint density at radius 2 is 1.58 bits per heavy atom. The van der Waals surface area contributed by atoms with E-state index in [1.54, 1.807) is 48.5 Å². The first-order valence-corrected chi connectivity index (χ1v) is 9.84. The van der Waals surface area contributed by atoms with Gasteiger partial charge in [0.2, 0.25) is 0 Å². The van der Waals surface area contributed by atoms with Crippen molar-refractivity contribution in [2.45, 2.75) is 0 Å². The summed E-state index contributed by atoms with van der Waals surface area (Å²) in [5.41, 5.74) is 1.02. The van der Waals surface area contributed by atoms with E-state index in [4.69, 9.17) is 32.7 Å². The number of ether oxygens (including phenoxy) is 2. The van der Waals surface area contributed by atoms with Gasteiger partial charge in [-0.15, -0.1) is 0 Å². The molecule has 0 atom stereocenters. The Labute approximate surface area is 188 Å². The number of methoxy groups -OCH3 is 1. The van der Waals surface area contributed by atoms with Crippen molar-refractivity contribution < 1.29 is 23.9 Å². The number of benzene rings is 3. The van der Waals surface area contributed by atoms with Crippen LogP contribution < -0.4 is 10.1 Å². The normalized spacial score (nSPS) is 10.3. The van der Waals surface area contributed by atoms with Crippen LogP contribution in [0.25, 0.3) is 0 Å². The summed E-state index contributed by atoms with van der Waals surface area (Å²) in [5, 5.41) is 3.39. The van der Waals surface area contributed by atoms with Crippen LogP contribution in [0, 0.1) is 0 Å². The molecule has 158 valence electrons. The van der Waals surface area contributed by atoms with Gasteiger partial charge in [-0.2, -0.15) is 0 Å². The van der Waals surface area contributed by atoms with Crippen molar-refractivity contribution in [3.8, 4) is 5.75 Å². The molecule has 3 aromatic rings. The zero-order valence-corrected chi connectivity index (χ0v) is 17.9. The van der Waals surface area contributed by atoms with Crippen LogP contribution in [0.15, 0.2) is 66.7 Å². The predicted molar refractivity (Wildman–Crippen MR) is 118 cm³/mol. The Bertz CT molecular complexity index is 1130. The van der Waals surface area contributed by atoms with Gasteiger partial charge in [0.1, 0.15) is 5.75 Å². The molecule has 0 fully saturated rings. The van der Waals surface area contributed by atoms with Gasteiger partial charge in [-0.05, 0) is 48.5 Å². The summed E-state index contributed by atoms with van der Waals surface area (Å²) in [6.45, 7) is -0.536. The molecule has 3 aromatic carbocycles. The van der Waals surface area contributed by atoms with Crippen LogP contribution in [0.2, 0.25) is 10.0 Å². The third-order valence-corrected chi connectivity index (χ3v) is 4.82. The van der Waals surface area contributed by atoms with Crippen LogP contribution in [0.5, 0.6) is 5.75 Å². The smallest absolute Gasteiger partial charge is 0.339 e. The number of carbonyl (C=O) groups excluding carboxylic acids is 3. The highest BCUT2D eigenvalue weighted by atomic mass is 35.5. The van der Waals surface area contributed by atoms with Gasteiger partial charge in [0, 0.05) is 21.8 Å². The summed E-state index contributed by atoms with van der Waals surface area (Å²) >= 11 is 11.9. The third kappa shape index (κ3) is 5.63. The molecular weight excluding hydrogens is 441 g/mol. The lowest BCUT2D eigenvalue weighted by atomic mass is 9.98. The molecule has 0 bridgehead atoms. The lowest BCUT2D eigenvalue weighted by molar-refractivity contribution is -0.119. The highest BCUT2D eigenvalue weighted by Gasteiger charge is 2.20. The molecule has 0 aliphatic rings. The van der Waals surface area contributed by atoms with Crippen LogP contribution in [-0.4, -0.2) is 31.4 Å². The maximum atomic E-state index is 12.8. The van der Waals surface area contributed by atoms with Gasteiger partial charge in [0.05, 0.1) is 17.7 Å². The minimum Gasteiger partial charge on any atom is -0.495 e. The van der Waals surface area contributed by atoms with Crippen molar-refractivity contribution in [3.63, 3.8) is 0 Å². The molecule has 3 rings (SSSR count). The molecule has 31 heavy (non-hydrogen) atoms.